The normalized spacial score (nSPS) is 16.3. The largest absolute Gasteiger partial charge is 0.467 e. The van der Waals surface area contributed by atoms with E-state index >= 15 is 0 Å². The lowest BCUT2D eigenvalue weighted by atomic mass is 10.2. The van der Waals surface area contributed by atoms with Gasteiger partial charge in [0, 0.05) is 11.6 Å². The maximum absolute atomic E-state index is 13.2. The molecule has 1 amide bonds. The van der Waals surface area contributed by atoms with Crippen molar-refractivity contribution in [3.8, 4) is 11.3 Å². The number of thioether (sulfide) groups is 1. The lowest BCUT2D eigenvalue weighted by molar-refractivity contribution is -0.122. The zero-order valence-corrected chi connectivity index (χ0v) is 19.4. The smallest absolute Gasteiger partial charge is 0.267 e. The molecule has 0 radical (unpaired) electrons. The molecule has 1 saturated heterocycles. The van der Waals surface area contributed by atoms with Gasteiger partial charge in [0.1, 0.15) is 17.3 Å². The molecule has 8 heteroatoms. The van der Waals surface area contributed by atoms with Crippen molar-refractivity contribution in [2.24, 2.45) is 4.99 Å². The third-order valence-corrected chi connectivity index (χ3v) is 6.61. The van der Waals surface area contributed by atoms with Crippen LogP contribution in [-0.4, -0.2) is 16.0 Å². The van der Waals surface area contributed by atoms with Crippen molar-refractivity contribution >= 4 is 57.8 Å². The molecule has 0 unspecified atom stereocenters. The van der Waals surface area contributed by atoms with E-state index in [0.717, 1.165) is 11.3 Å². The first kappa shape index (κ1) is 21.6. The van der Waals surface area contributed by atoms with Gasteiger partial charge in [-0.15, -0.1) is 0 Å². The summed E-state index contributed by atoms with van der Waals surface area (Å²) in [5.41, 5.74) is 1.56. The predicted octanol–water partition coefficient (Wildman–Crippen LogP) is 7.65. The molecule has 2 aromatic heterocycles. The Hall–Kier alpha value is -3.19. The highest BCUT2D eigenvalue weighted by Gasteiger charge is 2.34. The second-order valence-electron chi connectivity index (χ2n) is 7.14. The molecule has 5 nitrogen and oxygen atoms in total. The number of halogens is 2. The van der Waals surface area contributed by atoms with Crippen LogP contribution in [0.25, 0.3) is 17.4 Å². The molecule has 33 heavy (non-hydrogen) atoms. The molecular weight excluding hydrogens is 479 g/mol. The summed E-state index contributed by atoms with van der Waals surface area (Å²) in [4.78, 5) is 20.0. The Morgan fingerprint density at radius 1 is 0.970 bits per heavy atom. The van der Waals surface area contributed by atoms with Crippen molar-refractivity contribution < 1.29 is 13.6 Å². The molecule has 1 fully saturated rings. The Kier molecular flexibility index (Phi) is 6.13. The number of nitrogens with zero attached hydrogens (tertiary/aromatic N) is 2. The maximum atomic E-state index is 13.2. The van der Waals surface area contributed by atoms with Crippen LogP contribution in [0.2, 0.25) is 10.0 Å². The molecule has 0 N–H and O–H groups in total. The molecule has 1 aliphatic rings. The number of rotatable bonds is 5. The van der Waals surface area contributed by atoms with Crippen LogP contribution in [0.5, 0.6) is 0 Å². The Balaban J connectivity index is 1.45. The topological polar surface area (TPSA) is 59.0 Å². The van der Waals surface area contributed by atoms with Gasteiger partial charge in [-0.3, -0.25) is 9.69 Å². The van der Waals surface area contributed by atoms with Gasteiger partial charge in [-0.25, -0.2) is 4.99 Å². The van der Waals surface area contributed by atoms with Crippen LogP contribution >= 0.6 is 35.0 Å². The number of amidine groups is 1. The fourth-order valence-corrected chi connectivity index (χ4v) is 4.54. The summed E-state index contributed by atoms with van der Waals surface area (Å²) in [6, 6.07) is 22.1. The van der Waals surface area contributed by atoms with Crippen molar-refractivity contribution in [1.29, 1.82) is 0 Å². The quantitative estimate of drug-likeness (QED) is 0.267. The van der Waals surface area contributed by atoms with Gasteiger partial charge in [-0.05, 0) is 66.4 Å². The first-order valence-corrected chi connectivity index (χ1v) is 11.6. The zero-order valence-electron chi connectivity index (χ0n) is 17.1. The summed E-state index contributed by atoms with van der Waals surface area (Å²) in [7, 11) is 0. The summed E-state index contributed by atoms with van der Waals surface area (Å²) in [5.74, 6) is 1.68. The maximum Gasteiger partial charge on any atom is 0.267 e. The van der Waals surface area contributed by atoms with Crippen LogP contribution in [0.4, 0.5) is 5.69 Å². The minimum absolute atomic E-state index is 0.168. The Morgan fingerprint density at radius 2 is 1.82 bits per heavy atom. The molecular formula is C25H16Cl2N2O3S. The summed E-state index contributed by atoms with van der Waals surface area (Å²) < 4.78 is 11.4. The van der Waals surface area contributed by atoms with Crippen molar-refractivity contribution in [1.82, 2.24) is 4.90 Å². The third-order valence-electron chi connectivity index (χ3n) is 4.87. The number of para-hydroxylation sites is 1. The SMILES string of the molecule is O=C1/C(=C\c2ccc(-c3ccc(Cl)c(Cl)c3)o2)SC(=Nc2ccccc2)N1Cc1ccco1. The molecule has 0 atom stereocenters. The second-order valence-corrected chi connectivity index (χ2v) is 8.97. The molecule has 0 bridgehead atoms. The van der Waals surface area contributed by atoms with Crippen LogP contribution in [-0.2, 0) is 11.3 Å². The van der Waals surface area contributed by atoms with E-state index in [9.17, 15) is 4.79 Å². The van der Waals surface area contributed by atoms with E-state index in [1.54, 1.807) is 35.4 Å². The van der Waals surface area contributed by atoms with Crippen LogP contribution in [0.1, 0.15) is 11.5 Å². The number of hydrogen-bond acceptors (Lipinski definition) is 5. The lowest BCUT2D eigenvalue weighted by Gasteiger charge is -2.13. The Labute approximate surface area is 204 Å². The van der Waals surface area contributed by atoms with Crippen LogP contribution < -0.4 is 0 Å². The minimum atomic E-state index is -0.168. The number of amides is 1. The second kappa shape index (κ2) is 9.35. The molecule has 1 aliphatic heterocycles. The van der Waals surface area contributed by atoms with Crippen LogP contribution in [0.15, 0.2) is 97.8 Å². The number of aliphatic imine (C=N–C) groups is 1. The number of carbonyl (C=O) groups is 1. The van der Waals surface area contributed by atoms with Crippen LogP contribution in [0.3, 0.4) is 0 Å². The van der Waals surface area contributed by atoms with E-state index in [1.165, 1.54) is 11.8 Å². The number of benzene rings is 2. The van der Waals surface area contributed by atoms with Gasteiger partial charge in [-0.1, -0.05) is 41.4 Å². The van der Waals surface area contributed by atoms with Crippen molar-refractivity contribution in [3.05, 3.63) is 106 Å². The minimum Gasteiger partial charge on any atom is -0.467 e. The van der Waals surface area contributed by atoms with Crippen LogP contribution in [0, 0.1) is 0 Å². The van der Waals surface area contributed by atoms with E-state index in [0.29, 0.717) is 37.4 Å². The van der Waals surface area contributed by atoms with E-state index in [4.69, 9.17) is 32.0 Å². The van der Waals surface area contributed by atoms with Gasteiger partial charge in [0.25, 0.3) is 5.91 Å². The van der Waals surface area contributed by atoms with Gasteiger partial charge >= 0.3 is 0 Å². The fourth-order valence-electron chi connectivity index (χ4n) is 3.27. The van der Waals surface area contributed by atoms with Crippen molar-refractivity contribution in [2.45, 2.75) is 6.54 Å². The highest BCUT2D eigenvalue weighted by molar-refractivity contribution is 8.18. The van der Waals surface area contributed by atoms with Gasteiger partial charge in [-0.2, -0.15) is 0 Å². The third kappa shape index (κ3) is 4.78. The number of hydrogen-bond donors (Lipinski definition) is 0. The average molecular weight is 495 g/mol. The number of carbonyl (C=O) groups excluding carboxylic acids is 1. The van der Waals surface area contributed by atoms with E-state index in [-0.39, 0.29) is 12.5 Å². The molecule has 5 rings (SSSR count). The summed E-state index contributed by atoms with van der Waals surface area (Å²) >= 11 is 13.4. The highest BCUT2D eigenvalue weighted by Crippen LogP contribution is 2.36. The molecule has 3 heterocycles. The molecule has 2 aromatic carbocycles. The molecule has 4 aromatic rings. The number of furan rings is 2. The highest BCUT2D eigenvalue weighted by atomic mass is 35.5. The lowest BCUT2D eigenvalue weighted by Crippen LogP contribution is -2.28. The Morgan fingerprint density at radius 3 is 2.58 bits per heavy atom. The standard InChI is InChI=1S/C25H16Cl2N2O3S/c26-20-10-8-16(13-21(20)27)22-11-9-18(32-22)14-23-24(30)29(15-19-7-4-12-31-19)25(33-23)28-17-5-2-1-3-6-17/h1-14H,15H2/b23-14+,28-25?. The van der Waals surface area contributed by atoms with Gasteiger partial charge < -0.3 is 8.83 Å². The zero-order chi connectivity index (χ0) is 22.8. The molecule has 0 aliphatic carbocycles. The predicted molar refractivity (Wildman–Crippen MR) is 133 cm³/mol. The molecule has 0 spiro atoms. The average Bonchev–Trinajstić information content (AvgIpc) is 3.56. The molecule has 0 saturated carbocycles. The summed E-state index contributed by atoms with van der Waals surface area (Å²) in [6.45, 7) is 0.286. The van der Waals surface area contributed by atoms with E-state index in [2.05, 4.69) is 4.99 Å². The van der Waals surface area contributed by atoms with E-state index in [1.807, 2.05) is 54.6 Å². The van der Waals surface area contributed by atoms with Gasteiger partial charge in [0.2, 0.25) is 0 Å². The first-order valence-electron chi connectivity index (χ1n) is 9.99. The molecule has 164 valence electrons. The Bertz CT molecular complexity index is 1360. The first-order chi connectivity index (χ1) is 16.1. The fraction of sp³-hybridized carbons (Fsp3) is 0.0400. The van der Waals surface area contributed by atoms with Gasteiger partial charge in [0.05, 0.1) is 33.4 Å². The summed E-state index contributed by atoms with van der Waals surface area (Å²) in [5, 5.41) is 1.50. The van der Waals surface area contributed by atoms with Crippen molar-refractivity contribution in [3.63, 3.8) is 0 Å². The monoisotopic (exact) mass is 494 g/mol. The van der Waals surface area contributed by atoms with E-state index < -0.39 is 0 Å². The van der Waals surface area contributed by atoms with Crippen molar-refractivity contribution in [2.75, 3.05) is 0 Å². The van der Waals surface area contributed by atoms with Gasteiger partial charge in [0.15, 0.2) is 5.17 Å². The summed E-state index contributed by atoms with van der Waals surface area (Å²) in [6.07, 6.45) is 3.30.